The fraction of sp³-hybridized carbons (Fsp3) is 0. The molecule has 2 heterocycles. The second-order valence-corrected chi connectivity index (χ2v) is 4.25. The van der Waals surface area contributed by atoms with Gasteiger partial charge in [0.2, 0.25) is 0 Å². The fourth-order valence-corrected chi connectivity index (χ4v) is 1.84. The summed E-state index contributed by atoms with van der Waals surface area (Å²) in [5, 5.41) is 12.5. The zero-order valence-electron chi connectivity index (χ0n) is 8.51. The minimum atomic E-state index is 0.483. The molecule has 0 radical (unpaired) electrons. The predicted octanol–water partition coefficient (Wildman–Crippen LogP) is 0.619. The third-order valence-corrected chi connectivity index (χ3v) is 3.04. The molecule has 1 aliphatic rings. The van der Waals surface area contributed by atoms with Crippen molar-refractivity contribution in [3.05, 3.63) is 51.2 Å². The van der Waals surface area contributed by atoms with Crippen LogP contribution >= 0.6 is 23.2 Å². The van der Waals surface area contributed by atoms with Gasteiger partial charge in [-0.2, -0.15) is 25.6 Å². The molecule has 1 aliphatic heterocycles. The van der Waals surface area contributed by atoms with Gasteiger partial charge in [0.05, 0.1) is 34.0 Å². The number of aromatic nitrogens is 2. The molecule has 0 amide bonds. The van der Waals surface area contributed by atoms with E-state index < -0.39 is 0 Å². The number of nitrogens with zero attached hydrogens (tertiary/aromatic N) is 4. The molecule has 5 nitrogen and oxygen atoms in total. The predicted molar refractivity (Wildman–Crippen MR) is 65.3 cm³/mol. The number of halogens is 2. The van der Waals surface area contributed by atoms with Crippen LogP contribution in [0.5, 0.6) is 0 Å². The Balaban J connectivity index is 2.13. The molecule has 0 aliphatic carbocycles. The van der Waals surface area contributed by atoms with Gasteiger partial charge >= 0.3 is 0 Å². The van der Waals surface area contributed by atoms with E-state index in [2.05, 4.69) is 15.7 Å². The van der Waals surface area contributed by atoms with E-state index in [1.54, 1.807) is 34.4 Å². The standard InChI is InChI=1S/C10H7Cl2N5/c11-8-4-7-6-17(16-3-1-2-13-16)15-14-10(7)5-9(8)12/h1-6,15H. The van der Waals surface area contributed by atoms with Gasteiger partial charge in [-0.1, -0.05) is 23.2 Å². The van der Waals surface area contributed by atoms with E-state index in [1.165, 1.54) is 0 Å². The lowest BCUT2D eigenvalue weighted by Gasteiger charge is -2.20. The van der Waals surface area contributed by atoms with Gasteiger partial charge in [0.1, 0.15) is 0 Å². The Morgan fingerprint density at radius 1 is 1.18 bits per heavy atom. The van der Waals surface area contributed by atoms with Crippen molar-refractivity contribution >= 4 is 29.4 Å². The number of hydrazine groups is 1. The number of hydrogen-bond donors (Lipinski definition) is 1. The highest BCUT2D eigenvalue weighted by molar-refractivity contribution is 6.41. The van der Waals surface area contributed by atoms with E-state index in [4.69, 9.17) is 23.2 Å². The molecule has 17 heavy (non-hydrogen) atoms. The van der Waals surface area contributed by atoms with Crippen LogP contribution in [0.1, 0.15) is 0 Å². The summed E-state index contributed by atoms with van der Waals surface area (Å²) in [5.74, 6) is 0. The molecule has 2 aromatic rings. The molecule has 1 N–H and O–H groups in total. The van der Waals surface area contributed by atoms with Crippen molar-refractivity contribution in [3.63, 3.8) is 0 Å². The number of rotatable bonds is 1. The Kier molecular flexibility index (Phi) is 2.42. The summed E-state index contributed by atoms with van der Waals surface area (Å²) < 4.78 is 0. The normalized spacial score (nSPS) is 13.4. The second-order valence-electron chi connectivity index (χ2n) is 3.44. The van der Waals surface area contributed by atoms with Crippen molar-refractivity contribution < 1.29 is 0 Å². The molecule has 0 fully saturated rings. The maximum Gasteiger partial charge on any atom is 0.0954 e. The molecule has 0 atom stereocenters. The van der Waals surface area contributed by atoms with Gasteiger partial charge in [0.25, 0.3) is 0 Å². The quantitative estimate of drug-likeness (QED) is 0.824. The third-order valence-electron chi connectivity index (χ3n) is 2.32. The third kappa shape index (κ3) is 1.83. The number of fused-ring (bicyclic) bond motifs is 1. The van der Waals surface area contributed by atoms with Gasteiger partial charge in [-0.3, -0.25) is 0 Å². The highest BCUT2D eigenvalue weighted by Crippen LogP contribution is 2.16. The molecule has 0 bridgehead atoms. The Morgan fingerprint density at radius 2 is 2.00 bits per heavy atom. The molecule has 0 saturated heterocycles. The molecule has 0 saturated carbocycles. The van der Waals surface area contributed by atoms with E-state index in [-0.39, 0.29) is 0 Å². The number of nitrogens with one attached hydrogen (secondary N) is 1. The zero-order chi connectivity index (χ0) is 11.8. The Hall–Kier alpha value is -1.72. The van der Waals surface area contributed by atoms with E-state index in [9.17, 15) is 0 Å². The first kappa shape index (κ1) is 10.4. The van der Waals surface area contributed by atoms with Crippen LogP contribution in [-0.2, 0) is 0 Å². The Labute approximate surface area is 106 Å². The van der Waals surface area contributed by atoms with Crippen LogP contribution in [0.25, 0.3) is 6.20 Å². The van der Waals surface area contributed by atoms with Crippen LogP contribution < -0.4 is 21.2 Å². The topological polar surface area (TPSA) is 45.5 Å². The fourth-order valence-electron chi connectivity index (χ4n) is 1.51. The van der Waals surface area contributed by atoms with Crippen molar-refractivity contribution in [2.45, 2.75) is 0 Å². The SMILES string of the molecule is Clc1cc2c(cc1Cl)=NNN(n1cccn1)C=2. The van der Waals surface area contributed by atoms with Crippen LogP contribution in [0.15, 0.2) is 35.7 Å². The minimum absolute atomic E-state index is 0.483. The maximum atomic E-state index is 5.96. The molecule has 86 valence electrons. The van der Waals surface area contributed by atoms with Crippen molar-refractivity contribution in [2.75, 3.05) is 5.12 Å². The summed E-state index contributed by atoms with van der Waals surface area (Å²) in [6.45, 7) is 0. The van der Waals surface area contributed by atoms with Gasteiger partial charge in [0.15, 0.2) is 0 Å². The van der Waals surface area contributed by atoms with E-state index in [0.29, 0.717) is 10.0 Å². The summed E-state index contributed by atoms with van der Waals surface area (Å²) in [6, 6.07) is 5.29. The van der Waals surface area contributed by atoms with Crippen LogP contribution in [0.3, 0.4) is 0 Å². The van der Waals surface area contributed by atoms with Crippen LogP contribution in [0.2, 0.25) is 10.0 Å². The van der Waals surface area contributed by atoms with Crippen molar-refractivity contribution in [1.82, 2.24) is 15.4 Å². The van der Waals surface area contributed by atoms with Crippen molar-refractivity contribution in [1.29, 1.82) is 0 Å². The monoisotopic (exact) mass is 267 g/mol. The number of hydrogen-bond acceptors (Lipinski definition) is 4. The van der Waals surface area contributed by atoms with Crippen molar-refractivity contribution in [2.24, 2.45) is 5.10 Å². The first-order valence-corrected chi connectivity index (χ1v) is 5.59. The number of benzene rings is 1. The molecule has 7 heteroatoms. The smallest absolute Gasteiger partial charge is 0.0954 e. The molecule has 1 aromatic carbocycles. The largest absolute Gasteiger partial charge is 0.197 e. The van der Waals surface area contributed by atoms with Gasteiger partial charge in [0, 0.05) is 5.22 Å². The molecule has 0 spiro atoms. The first-order chi connectivity index (χ1) is 8.24. The molecular formula is C10H7Cl2N5. The molecule has 3 rings (SSSR count). The molecule has 0 unspecified atom stereocenters. The average Bonchev–Trinajstić information content (AvgIpc) is 2.83. The van der Waals surface area contributed by atoms with E-state index in [1.807, 2.05) is 12.3 Å². The van der Waals surface area contributed by atoms with Crippen LogP contribution in [0, 0.1) is 0 Å². The summed E-state index contributed by atoms with van der Waals surface area (Å²) in [5.41, 5.74) is 2.83. The molecular weight excluding hydrogens is 261 g/mol. The zero-order valence-corrected chi connectivity index (χ0v) is 10.0. The second kappa shape index (κ2) is 3.94. The van der Waals surface area contributed by atoms with Gasteiger partial charge < -0.3 is 0 Å². The lowest BCUT2D eigenvalue weighted by molar-refractivity contribution is 0.526. The van der Waals surface area contributed by atoms with Crippen LogP contribution in [-0.4, -0.2) is 9.89 Å². The first-order valence-electron chi connectivity index (χ1n) is 4.83. The summed E-state index contributed by atoms with van der Waals surface area (Å²) in [7, 11) is 0. The Bertz CT molecular complexity index is 665. The summed E-state index contributed by atoms with van der Waals surface area (Å²) >= 11 is 11.9. The van der Waals surface area contributed by atoms with Gasteiger partial charge in [-0.15, -0.1) is 0 Å². The Morgan fingerprint density at radius 3 is 2.76 bits per heavy atom. The van der Waals surface area contributed by atoms with E-state index >= 15 is 0 Å². The highest BCUT2D eigenvalue weighted by Gasteiger charge is 2.07. The molecule has 1 aromatic heterocycles. The van der Waals surface area contributed by atoms with Gasteiger partial charge in [-0.25, -0.2) is 0 Å². The lowest BCUT2D eigenvalue weighted by Crippen LogP contribution is -2.48. The van der Waals surface area contributed by atoms with Crippen LogP contribution in [0.4, 0.5) is 0 Å². The maximum absolute atomic E-state index is 5.96. The highest BCUT2D eigenvalue weighted by atomic mass is 35.5. The summed E-state index contributed by atoms with van der Waals surface area (Å²) in [6.07, 6.45) is 5.30. The minimum Gasteiger partial charge on any atom is -0.197 e. The average molecular weight is 268 g/mol. The van der Waals surface area contributed by atoms with Crippen molar-refractivity contribution in [3.8, 4) is 0 Å². The van der Waals surface area contributed by atoms with E-state index in [0.717, 1.165) is 10.6 Å². The van der Waals surface area contributed by atoms with Gasteiger partial charge in [-0.05, 0) is 18.2 Å². The lowest BCUT2D eigenvalue weighted by atomic mass is 10.3. The summed E-state index contributed by atoms with van der Waals surface area (Å²) in [4.78, 5) is 1.61.